The predicted octanol–water partition coefficient (Wildman–Crippen LogP) is -0.265. The second-order valence-corrected chi connectivity index (χ2v) is 3.11. The number of nitrogens with zero attached hydrogens (tertiary/aromatic N) is 5. The minimum Gasteiger partial charge on any atom is -0.479 e. The molecule has 0 spiro atoms. The number of hydrogen-bond donors (Lipinski definition) is 1. The normalized spacial score (nSPS) is 10.2. The van der Waals surface area contributed by atoms with E-state index < -0.39 is 12.6 Å². The van der Waals surface area contributed by atoms with E-state index in [1.165, 1.54) is 17.1 Å². The van der Waals surface area contributed by atoms with E-state index in [2.05, 4.69) is 20.1 Å². The number of carboxylic acid groups (broad SMARTS) is 1. The van der Waals surface area contributed by atoms with Gasteiger partial charge in [0, 0.05) is 19.4 Å². The Bertz CT molecular complexity index is 525. The Labute approximate surface area is 95.9 Å². The zero-order chi connectivity index (χ0) is 12.3. The zero-order valence-electron chi connectivity index (χ0n) is 8.94. The van der Waals surface area contributed by atoms with Crippen LogP contribution in [0, 0.1) is 0 Å². The molecule has 0 unspecified atom stereocenters. The first-order valence-corrected chi connectivity index (χ1v) is 4.69. The molecule has 8 heteroatoms. The van der Waals surface area contributed by atoms with Crippen LogP contribution in [0.15, 0.2) is 18.6 Å². The van der Waals surface area contributed by atoms with Gasteiger partial charge in [0.25, 0.3) is 0 Å². The van der Waals surface area contributed by atoms with Crippen molar-refractivity contribution in [2.24, 2.45) is 7.05 Å². The number of aliphatic carboxylic acids is 1. The fourth-order valence-electron chi connectivity index (χ4n) is 1.19. The smallest absolute Gasteiger partial charge is 0.341 e. The first-order chi connectivity index (χ1) is 8.16. The van der Waals surface area contributed by atoms with Gasteiger partial charge in [-0.15, -0.1) is 5.10 Å². The van der Waals surface area contributed by atoms with E-state index in [-0.39, 0.29) is 6.01 Å². The minimum atomic E-state index is -1.08. The molecule has 0 saturated carbocycles. The molecular weight excluding hydrogens is 226 g/mol. The van der Waals surface area contributed by atoms with Crippen LogP contribution in [-0.2, 0) is 11.8 Å². The van der Waals surface area contributed by atoms with Gasteiger partial charge in [-0.25, -0.2) is 14.5 Å². The summed E-state index contributed by atoms with van der Waals surface area (Å²) in [5, 5.41) is 12.4. The SMILES string of the molecule is Cn1nc(OCC(=O)O)nc1-c1cnccn1. The van der Waals surface area contributed by atoms with E-state index >= 15 is 0 Å². The zero-order valence-corrected chi connectivity index (χ0v) is 8.94. The van der Waals surface area contributed by atoms with Crippen LogP contribution < -0.4 is 4.74 Å². The molecule has 0 aliphatic rings. The summed E-state index contributed by atoms with van der Waals surface area (Å²) in [6, 6.07) is -0.00412. The number of hydrogen-bond acceptors (Lipinski definition) is 6. The van der Waals surface area contributed by atoms with Crippen molar-refractivity contribution in [3.8, 4) is 17.5 Å². The highest BCUT2D eigenvalue weighted by Gasteiger charge is 2.12. The minimum absolute atomic E-state index is 0.00412. The summed E-state index contributed by atoms with van der Waals surface area (Å²) in [6.07, 6.45) is 4.61. The van der Waals surface area contributed by atoms with Gasteiger partial charge >= 0.3 is 12.0 Å². The third kappa shape index (κ3) is 2.54. The fraction of sp³-hybridized carbons (Fsp3) is 0.222. The van der Waals surface area contributed by atoms with Crippen molar-refractivity contribution in [1.29, 1.82) is 0 Å². The lowest BCUT2D eigenvalue weighted by atomic mass is 10.4. The Kier molecular flexibility index (Phi) is 2.95. The summed E-state index contributed by atoms with van der Waals surface area (Å²) in [5.41, 5.74) is 0.535. The molecule has 0 atom stereocenters. The maximum absolute atomic E-state index is 10.3. The second-order valence-electron chi connectivity index (χ2n) is 3.11. The van der Waals surface area contributed by atoms with Gasteiger partial charge in [-0.2, -0.15) is 4.98 Å². The molecule has 1 N–H and O–H groups in total. The van der Waals surface area contributed by atoms with E-state index in [1.807, 2.05) is 0 Å². The monoisotopic (exact) mass is 235 g/mol. The Morgan fingerprint density at radius 3 is 3.00 bits per heavy atom. The van der Waals surface area contributed by atoms with Gasteiger partial charge in [0.2, 0.25) is 0 Å². The van der Waals surface area contributed by atoms with Gasteiger partial charge in [0.05, 0.1) is 6.20 Å². The van der Waals surface area contributed by atoms with E-state index in [1.54, 1.807) is 13.2 Å². The molecule has 0 aliphatic heterocycles. The molecule has 0 amide bonds. The highest BCUT2D eigenvalue weighted by atomic mass is 16.5. The first kappa shape index (κ1) is 11.0. The number of ether oxygens (including phenoxy) is 1. The third-order valence-electron chi connectivity index (χ3n) is 1.86. The molecule has 0 aromatic carbocycles. The van der Waals surface area contributed by atoms with Crippen LogP contribution in [-0.4, -0.2) is 42.4 Å². The molecule has 8 nitrogen and oxygen atoms in total. The summed E-state index contributed by atoms with van der Waals surface area (Å²) in [6.45, 7) is -0.482. The summed E-state index contributed by atoms with van der Waals surface area (Å²) in [5.74, 6) is -0.628. The maximum Gasteiger partial charge on any atom is 0.341 e. The van der Waals surface area contributed by atoms with Crippen molar-refractivity contribution in [2.75, 3.05) is 6.61 Å². The van der Waals surface area contributed by atoms with Crippen LogP contribution in [0.1, 0.15) is 0 Å². The Balaban J connectivity index is 2.22. The Morgan fingerprint density at radius 1 is 1.53 bits per heavy atom. The summed E-state index contributed by atoms with van der Waals surface area (Å²) >= 11 is 0. The lowest BCUT2D eigenvalue weighted by molar-refractivity contribution is -0.139. The topological polar surface area (TPSA) is 103 Å². The van der Waals surface area contributed by atoms with Crippen molar-refractivity contribution >= 4 is 5.97 Å². The number of aryl methyl sites for hydroxylation is 1. The van der Waals surface area contributed by atoms with Gasteiger partial charge in [-0.05, 0) is 0 Å². The Morgan fingerprint density at radius 2 is 2.35 bits per heavy atom. The van der Waals surface area contributed by atoms with Gasteiger partial charge in [0.15, 0.2) is 12.4 Å². The lowest BCUT2D eigenvalue weighted by Gasteiger charge is -1.95. The van der Waals surface area contributed by atoms with Crippen molar-refractivity contribution in [1.82, 2.24) is 24.7 Å². The molecule has 2 aromatic rings. The van der Waals surface area contributed by atoms with Crippen molar-refractivity contribution < 1.29 is 14.6 Å². The molecule has 0 fully saturated rings. The molecule has 17 heavy (non-hydrogen) atoms. The average molecular weight is 235 g/mol. The molecule has 0 bridgehead atoms. The largest absolute Gasteiger partial charge is 0.479 e. The molecule has 0 aliphatic carbocycles. The summed E-state index contributed by atoms with van der Waals surface area (Å²) in [4.78, 5) is 22.3. The fourth-order valence-corrected chi connectivity index (χ4v) is 1.19. The van der Waals surface area contributed by atoms with Gasteiger partial charge in [-0.3, -0.25) is 4.98 Å². The van der Waals surface area contributed by atoms with Crippen molar-refractivity contribution in [3.05, 3.63) is 18.6 Å². The van der Waals surface area contributed by atoms with Crippen LogP contribution in [0.2, 0.25) is 0 Å². The standard InChI is InChI=1S/C9H9N5O3/c1-14-8(6-4-10-2-3-11-6)12-9(13-14)17-5-7(15)16/h2-4H,5H2,1H3,(H,15,16). The van der Waals surface area contributed by atoms with Crippen LogP contribution in [0.25, 0.3) is 11.5 Å². The first-order valence-electron chi connectivity index (χ1n) is 4.69. The predicted molar refractivity (Wildman–Crippen MR) is 55.2 cm³/mol. The lowest BCUT2D eigenvalue weighted by Crippen LogP contribution is -2.10. The van der Waals surface area contributed by atoms with Crippen molar-refractivity contribution in [3.63, 3.8) is 0 Å². The molecule has 2 rings (SSSR count). The van der Waals surface area contributed by atoms with Gasteiger partial charge < -0.3 is 9.84 Å². The van der Waals surface area contributed by atoms with E-state index in [9.17, 15) is 4.79 Å². The molecule has 2 heterocycles. The highest BCUT2D eigenvalue weighted by Crippen LogP contribution is 2.14. The number of rotatable bonds is 4. The molecule has 2 aromatic heterocycles. The third-order valence-corrected chi connectivity index (χ3v) is 1.86. The maximum atomic E-state index is 10.3. The van der Waals surface area contributed by atoms with Gasteiger partial charge in [0.1, 0.15) is 5.69 Å². The molecule has 0 saturated heterocycles. The molecule has 88 valence electrons. The summed E-state index contributed by atoms with van der Waals surface area (Å²) in [7, 11) is 1.66. The average Bonchev–Trinajstić information content (AvgIpc) is 2.69. The van der Waals surface area contributed by atoms with E-state index in [0.717, 1.165) is 0 Å². The second kappa shape index (κ2) is 4.56. The van der Waals surface area contributed by atoms with Crippen LogP contribution >= 0.6 is 0 Å². The summed E-state index contributed by atoms with van der Waals surface area (Å²) < 4.78 is 6.31. The molecular formula is C9H9N5O3. The highest BCUT2D eigenvalue weighted by molar-refractivity contribution is 5.68. The number of carboxylic acids is 1. The number of carbonyl (C=O) groups is 1. The Hall–Kier alpha value is -2.51. The van der Waals surface area contributed by atoms with Crippen LogP contribution in [0.3, 0.4) is 0 Å². The molecule has 0 radical (unpaired) electrons. The van der Waals surface area contributed by atoms with E-state index in [4.69, 9.17) is 9.84 Å². The van der Waals surface area contributed by atoms with Crippen LogP contribution in [0.4, 0.5) is 0 Å². The van der Waals surface area contributed by atoms with Crippen LogP contribution in [0.5, 0.6) is 6.01 Å². The number of aromatic nitrogens is 5. The van der Waals surface area contributed by atoms with E-state index in [0.29, 0.717) is 11.5 Å². The van der Waals surface area contributed by atoms with Crippen molar-refractivity contribution in [2.45, 2.75) is 0 Å². The quantitative estimate of drug-likeness (QED) is 0.778. The van der Waals surface area contributed by atoms with Gasteiger partial charge in [-0.1, -0.05) is 0 Å².